The lowest BCUT2D eigenvalue weighted by atomic mass is 9.78. The third-order valence-electron chi connectivity index (χ3n) is 5.20. The van der Waals surface area contributed by atoms with Crippen molar-refractivity contribution >= 4 is 27.5 Å². The Hall–Kier alpha value is -1.20. The van der Waals surface area contributed by atoms with Gasteiger partial charge in [-0.1, -0.05) is 35.0 Å². The topological polar surface area (TPSA) is 35.9 Å². The van der Waals surface area contributed by atoms with Crippen LogP contribution >= 0.6 is 15.9 Å². The number of halogens is 1. The van der Waals surface area contributed by atoms with Crippen molar-refractivity contribution in [2.75, 3.05) is 13.1 Å². The molecule has 116 valence electrons. The van der Waals surface area contributed by atoms with Gasteiger partial charge in [0.2, 0.25) is 5.91 Å². The van der Waals surface area contributed by atoms with Crippen LogP contribution in [0.5, 0.6) is 0 Å². The summed E-state index contributed by atoms with van der Waals surface area (Å²) >= 11 is 3.49. The van der Waals surface area contributed by atoms with Crippen LogP contribution in [0.2, 0.25) is 0 Å². The summed E-state index contributed by atoms with van der Waals surface area (Å²) < 4.78 is 1.06. The molecule has 0 unspecified atom stereocenters. The molecule has 4 aliphatic rings. The molecule has 1 amide bonds. The molecule has 4 aliphatic heterocycles. The van der Waals surface area contributed by atoms with Crippen LogP contribution < -0.4 is 0 Å². The maximum atomic E-state index is 12.4. The molecule has 1 aromatic rings. The summed E-state index contributed by atoms with van der Waals surface area (Å²) in [4.78, 5) is 15.0. The number of amides is 1. The van der Waals surface area contributed by atoms with E-state index in [0.717, 1.165) is 17.6 Å². The summed E-state index contributed by atoms with van der Waals surface area (Å²) in [7, 11) is 0. The highest BCUT2D eigenvalue weighted by Crippen LogP contribution is 2.43. The van der Waals surface area contributed by atoms with Crippen LogP contribution in [0.15, 0.2) is 33.8 Å². The van der Waals surface area contributed by atoms with Gasteiger partial charge in [0.15, 0.2) is 0 Å². The van der Waals surface area contributed by atoms with E-state index in [-0.39, 0.29) is 18.0 Å². The maximum Gasteiger partial charge on any atom is 0.243 e. The number of hydrogen-bond acceptors (Lipinski definition) is 3. The van der Waals surface area contributed by atoms with E-state index in [2.05, 4.69) is 45.1 Å². The zero-order valence-corrected chi connectivity index (χ0v) is 14.3. The molecule has 2 atom stereocenters. The largest absolute Gasteiger partial charge is 0.293 e. The molecule has 4 nitrogen and oxygen atoms in total. The van der Waals surface area contributed by atoms with E-state index in [1.807, 2.05) is 6.92 Å². The summed E-state index contributed by atoms with van der Waals surface area (Å²) in [5, 5.41) is 6.55. The smallest absolute Gasteiger partial charge is 0.243 e. The molecule has 0 aromatic heterocycles. The van der Waals surface area contributed by atoms with Gasteiger partial charge in [-0.15, -0.1) is 0 Å². The monoisotopic (exact) mass is 361 g/mol. The molecular weight excluding hydrogens is 342 g/mol. The Labute approximate surface area is 139 Å². The van der Waals surface area contributed by atoms with E-state index in [0.29, 0.717) is 12.3 Å². The molecule has 0 saturated carbocycles. The van der Waals surface area contributed by atoms with Crippen molar-refractivity contribution in [1.82, 2.24) is 9.91 Å². The third kappa shape index (κ3) is 2.14. The first-order valence-electron chi connectivity index (χ1n) is 8.09. The van der Waals surface area contributed by atoms with Crippen molar-refractivity contribution in [3.8, 4) is 0 Å². The van der Waals surface area contributed by atoms with Crippen molar-refractivity contribution in [3.63, 3.8) is 0 Å². The summed E-state index contributed by atoms with van der Waals surface area (Å²) in [6, 6.07) is 8.67. The molecule has 5 rings (SSSR count). The normalized spacial score (nSPS) is 32.8. The molecule has 3 saturated heterocycles. The van der Waals surface area contributed by atoms with Gasteiger partial charge in [-0.2, -0.15) is 5.10 Å². The quantitative estimate of drug-likeness (QED) is 0.810. The van der Waals surface area contributed by atoms with Gasteiger partial charge >= 0.3 is 0 Å². The van der Waals surface area contributed by atoms with E-state index >= 15 is 0 Å². The minimum atomic E-state index is 0.0404. The summed E-state index contributed by atoms with van der Waals surface area (Å²) in [5.41, 5.74) is 2.42. The minimum absolute atomic E-state index is 0.0404. The predicted molar refractivity (Wildman–Crippen MR) is 89.5 cm³/mol. The number of rotatable bonds is 2. The number of hydrazone groups is 1. The second kappa shape index (κ2) is 5.46. The van der Waals surface area contributed by atoms with Gasteiger partial charge in [0.1, 0.15) is 6.04 Å². The Morgan fingerprint density at radius 3 is 2.55 bits per heavy atom. The second-order valence-corrected chi connectivity index (χ2v) is 7.28. The lowest BCUT2D eigenvalue weighted by molar-refractivity contribution is -0.133. The molecule has 22 heavy (non-hydrogen) atoms. The number of carbonyl (C=O) groups excluding carboxylic acids is 1. The van der Waals surface area contributed by atoms with Crippen LogP contribution in [-0.2, 0) is 4.79 Å². The van der Waals surface area contributed by atoms with Crippen molar-refractivity contribution < 1.29 is 4.79 Å². The standard InChI is InChI=1S/C17H20BrN3O/c1-2-14(22)21-16(12-3-5-13(18)6-4-12)17-15(19-21)11-7-9-20(17)10-8-11/h3-6,11,16-17H,2,7-10H2,1H3/t16-,17+/m1/s1. The highest BCUT2D eigenvalue weighted by Gasteiger charge is 2.50. The Balaban J connectivity index is 1.76. The molecule has 2 bridgehead atoms. The van der Waals surface area contributed by atoms with Crippen LogP contribution in [0.3, 0.4) is 0 Å². The zero-order valence-electron chi connectivity index (χ0n) is 12.7. The van der Waals surface area contributed by atoms with E-state index < -0.39 is 0 Å². The fraction of sp³-hybridized carbons (Fsp3) is 0.529. The molecule has 4 heterocycles. The van der Waals surface area contributed by atoms with Crippen LogP contribution in [-0.4, -0.2) is 40.7 Å². The van der Waals surface area contributed by atoms with Crippen molar-refractivity contribution in [2.24, 2.45) is 11.0 Å². The first kappa shape index (κ1) is 14.4. The molecule has 0 radical (unpaired) electrons. The number of piperidine rings is 3. The average Bonchev–Trinajstić information content (AvgIpc) is 2.98. The van der Waals surface area contributed by atoms with Gasteiger partial charge in [-0.25, -0.2) is 5.01 Å². The fourth-order valence-corrected chi connectivity index (χ4v) is 4.35. The molecule has 0 spiro atoms. The van der Waals surface area contributed by atoms with Crippen LogP contribution in [0, 0.1) is 5.92 Å². The Morgan fingerprint density at radius 1 is 1.23 bits per heavy atom. The highest BCUT2D eigenvalue weighted by atomic mass is 79.9. The first-order chi connectivity index (χ1) is 10.7. The molecule has 0 aliphatic carbocycles. The van der Waals surface area contributed by atoms with E-state index in [1.165, 1.54) is 24.1 Å². The first-order valence-corrected chi connectivity index (χ1v) is 8.88. The second-order valence-electron chi connectivity index (χ2n) is 6.37. The van der Waals surface area contributed by atoms with Crippen LogP contribution in [0.25, 0.3) is 0 Å². The van der Waals surface area contributed by atoms with E-state index in [1.54, 1.807) is 5.01 Å². The van der Waals surface area contributed by atoms with Crippen LogP contribution in [0.4, 0.5) is 0 Å². The van der Waals surface area contributed by atoms with Gasteiger partial charge in [0.25, 0.3) is 0 Å². The molecule has 0 N–H and O–H groups in total. The fourth-order valence-electron chi connectivity index (χ4n) is 4.08. The summed E-state index contributed by atoms with van der Waals surface area (Å²) in [6.45, 7) is 4.18. The average molecular weight is 362 g/mol. The van der Waals surface area contributed by atoms with Crippen molar-refractivity contribution in [1.29, 1.82) is 0 Å². The summed E-state index contributed by atoms with van der Waals surface area (Å²) in [5.74, 6) is 0.693. The number of fused-ring (bicyclic) bond motifs is 2. The van der Waals surface area contributed by atoms with E-state index in [4.69, 9.17) is 5.10 Å². The summed E-state index contributed by atoms with van der Waals surface area (Å²) in [6.07, 6.45) is 2.88. The molecular formula is C17H20BrN3O. The lowest BCUT2D eigenvalue weighted by Gasteiger charge is -2.46. The van der Waals surface area contributed by atoms with Gasteiger partial charge in [-0.3, -0.25) is 9.69 Å². The van der Waals surface area contributed by atoms with Gasteiger partial charge in [-0.05, 0) is 43.6 Å². The Bertz CT molecular complexity index is 619. The third-order valence-corrected chi connectivity index (χ3v) is 5.73. The van der Waals surface area contributed by atoms with Gasteiger partial charge in [0.05, 0.1) is 11.8 Å². The van der Waals surface area contributed by atoms with Crippen molar-refractivity contribution in [3.05, 3.63) is 34.3 Å². The van der Waals surface area contributed by atoms with Crippen LogP contribution in [0.1, 0.15) is 37.8 Å². The number of carbonyl (C=O) groups is 1. The number of nitrogens with zero attached hydrogens (tertiary/aromatic N) is 3. The number of hydrogen-bond donors (Lipinski definition) is 0. The molecule has 1 aromatic carbocycles. The van der Waals surface area contributed by atoms with Gasteiger partial charge in [0, 0.05) is 16.8 Å². The SMILES string of the molecule is CCC(=O)N1N=C2C3CCN(CC3)[C@@H]2[C@H]1c1ccc(Br)cc1. The maximum absolute atomic E-state index is 12.4. The number of benzene rings is 1. The highest BCUT2D eigenvalue weighted by molar-refractivity contribution is 9.10. The van der Waals surface area contributed by atoms with E-state index in [9.17, 15) is 4.79 Å². The lowest BCUT2D eigenvalue weighted by Crippen LogP contribution is -2.56. The predicted octanol–water partition coefficient (Wildman–Crippen LogP) is 3.19. The zero-order chi connectivity index (χ0) is 15.3. The Kier molecular flexibility index (Phi) is 3.57. The van der Waals surface area contributed by atoms with Crippen molar-refractivity contribution in [2.45, 2.75) is 38.3 Å². The minimum Gasteiger partial charge on any atom is -0.293 e. The Morgan fingerprint density at radius 2 is 1.91 bits per heavy atom. The van der Waals surface area contributed by atoms with Gasteiger partial charge < -0.3 is 0 Å². The molecule has 5 heteroatoms. The molecule has 3 fully saturated rings.